The van der Waals surface area contributed by atoms with E-state index < -0.39 is 0 Å². The second kappa shape index (κ2) is 6.41. The molecular weight excluding hydrogens is 250 g/mol. The number of rotatable bonds is 4. The predicted octanol–water partition coefficient (Wildman–Crippen LogP) is 2.48. The van der Waals surface area contributed by atoms with Crippen LogP contribution in [0, 0.1) is 6.92 Å². The molecule has 1 aliphatic heterocycles. The number of aliphatic hydroxyl groups excluding tert-OH is 1. The summed E-state index contributed by atoms with van der Waals surface area (Å²) in [7, 11) is 0. The highest BCUT2D eigenvalue weighted by Gasteiger charge is 2.16. The first-order valence-electron chi connectivity index (χ1n) is 6.44. The van der Waals surface area contributed by atoms with E-state index in [1.54, 1.807) is 0 Å². The third kappa shape index (κ3) is 3.87. The Balaban J connectivity index is 1.76. The summed E-state index contributed by atoms with van der Waals surface area (Å²) in [6, 6.07) is 5.80. The van der Waals surface area contributed by atoms with Crippen molar-refractivity contribution in [3.63, 3.8) is 0 Å². The molecule has 1 aliphatic rings. The minimum absolute atomic E-state index is 0.117. The Hall–Kier alpha value is -0.770. The molecule has 4 heteroatoms. The SMILES string of the molecule is Cc1ccc(Cl)c(OCCN2CCC(O)CC2)c1. The van der Waals surface area contributed by atoms with E-state index in [0.29, 0.717) is 11.6 Å². The molecule has 100 valence electrons. The van der Waals surface area contributed by atoms with Crippen LogP contribution in [0.5, 0.6) is 5.75 Å². The number of hydrogen-bond donors (Lipinski definition) is 1. The van der Waals surface area contributed by atoms with Crippen molar-refractivity contribution in [1.29, 1.82) is 0 Å². The van der Waals surface area contributed by atoms with Gasteiger partial charge in [0, 0.05) is 19.6 Å². The Morgan fingerprint density at radius 3 is 2.83 bits per heavy atom. The van der Waals surface area contributed by atoms with Crippen molar-refractivity contribution < 1.29 is 9.84 Å². The van der Waals surface area contributed by atoms with Crippen LogP contribution >= 0.6 is 11.6 Å². The van der Waals surface area contributed by atoms with E-state index >= 15 is 0 Å². The van der Waals surface area contributed by atoms with Crippen LogP contribution in [-0.4, -0.2) is 42.4 Å². The lowest BCUT2D eigenvalue weighted by Gasteiger charge is -2.29. The van der Waals surface area contributed by atoms with Crippen LogP contribution in [0.25, 0.3) is 0 Å². The Morgan fingerprint density at radius 2 is 2.11 bits per heavy atom. The van der Waals surface area contributed by atoms with Crippen LogP contribution in [0.1, 0.15) is 18.4 Å². The topological polar surface area (TPSA) is 32.7 Å². The molecule has 1 saturated heterocycles. The van der Waals surface area contributed by atoms with E-state index in [0.717, 1.165) is 43.8 Å². The fourth-order valence-corrected chi connectivity index (χ4v) is 2.32. The lowest BCUT2D eigenvalue weighted by molar-refractivity contribution is 0.0755. The molecular formula is C14H20ClNO2. The average molecular weight is 270 g/mol. The fourth-order valence-electron chi connectivity index (χ4n) is 2.15. The van der Waals surface area contributed by atoms with Crippen molar-refractivity contribution >= 4 is 11.6 Å². The van der Waals surface area contributed by atoms with Crippen LogP contribution in [0.2, 0.25) is 5.02 Å². The van der Waals surface area contributed by atoms with Gasteiger partial charge in [-0.1, -0.05) is 17.7 Å². The third-order valence-corrected chi connectivity index (χ3v) is 3.62. The van der Waals surface area contributed by atoms with Gasteiger partial charge in [-0.05, 0) is 37.5 Å². The van der Waals surface area contributed by atoms with E-state index in [-0.39, 0.29) is 6.10 Å². The highest BCUT2D eigenvalue weighted by atomic mass is 35.5. The van der Waals surface area contributed by atoms with Gasteiger partial charge in [0.15, 0.2) is 0 Å². The zero-order valence-electron chi connectivity index (χ0n) is 10.7. The van der Waals surface area contributed by atoms with Gasteiger partial charge in [-0.2, -0.15) is 0 Å². The molecule has 18 heavy (non-hydrogen) atoms. The zero-order chi connectivity index (χ0) is 13.0. The first kappa shape index (κ1) is 13.7. The maximum Gasteiger partial charge on any atom is 0.138 e. The van der Waals surface area contributed by atoms with E-state index in [9.17, 15) is 5.11 Å². The van der Waals surface area contributed by atoms with E-state index in [4.69, 9.17) is 16.3 Å². The van der Waals surface area contributed by atoms with Gasteiger partial charge in [-0.15, -0.1) is 0 Å². The van der Waals surface area contributed by atoms with E-state index in [1.807, 2.05) is 25.1 Å². The van der Waals surface area contributed by atoms with Gasteiger partial charge in [-0.25, -0.2) is 0 Å². The molecule has 1 N–H and O–H groups in total. The van der Waals surface area contributed by atoms with Gasteiger partial charge in [0.1, 0.15) is 12.4 Å². The molecule has 2 rings (SSSR count). The van der Waals surface area contributed by atoms with Gasteiger partial charge in [-0.3, -0.25) is 4.90 Å². The number of benzene rings is 1. The number of likely N-dealkylation sites (tertiary alicyclic amines) is 1. The van der Waals surface area contributed by atoms with Crippen LogP contribution in [0.4, 0.5) is 0 Å². The predicted molar refractivity (Wildman–Crippen MR) is 73.4 cm³/mol. The molecule has 0 unspecified atom stereocenters. The third-order valence-electron chi connectivity index (χ3n) is 3.31. The molecule has 0 amide bonds. The maximum atomic E-state index is 9.42. The van der Waals surface area contributed by atoms with Gasteiger partial charge < -0.3 is 9.84 Å². The van der Waals surface area contributed by atoms with Crippen molar-refractivity contribution in [3.8, 4) is 5.75 Å². The van der Waals surface area contributed by atoms with E-state index in [1.165, 1.54) is 0 Å². The molecule has 1 fully saturated rings. The summed E-state index contributed by atoms with van der Waals surface area (Å²) in [6.45, 7) is 5.45. The highest BCUT2D eigenvalue weighted by Crippen LogP contribution is 2.25. The van der Waals surface area contributed by atoms with Crippen LogP contribution < -0.4 is 4.74 Å². The largest absolute Gasteiger partial charge is 0.491 e. The molecule has 1 heterocycles. The summed E-state index contributed by atoms with van der Waals surface area (Å²) in [4.78, 5) is 2.32. The summed E-state index contributed by atoms with van der Waals surface area (Å²) in [5, 5.41) is 10.1. The molecule has 0 aromatic heterocycles. The number of aliphatic hydroxyl groups is 1. The van der Waals surface area contributed by atoms with Crippen molar-refractivity contribution in [2.24, 2.45) is 0 Å². The summed E-state index contributed by atoms with van der Waals surface area (Å²) in [5.41, 5.74) is 1.15. The molecule has 0 bridgehead atoms. The molecule has 1 aromatic rings. The average Bonchev–Trinajstić information content (AvgIpc) is 2.36. The molecule has 0 spiro atoms. The quantitative estimate of drug-likeness (QED) is 0.912. The first-order valence-corrected chi connectivity index (χ1v) is 6.82. The first-order chi connectivity index (χ1) is 8.65. The van der Waals surface area contributed by atoms with Gasteiger partial charge >= 0.3 is 0 Å². The van der Waals surface area contributed by atoms with Crippen LogP contribution in [-0.2, 0) is 0 Å². The molecule has 0 atom stereocenters. The number of aryl methyl sites for hydroxylation is 1. The van der Waals surface area contributed by atoms with Crippen molar-refractivity contribution in [2.75, 3.05) is 26.2 Å². The second-order valence-corrected chi connectivity index (χ2v) is 5.26. The van der Waals surface area contributed by atoms with Crippen molar-refractivity contribution in [3.05, 3.63) is 28.8 Å². The normalized spacial score (nSPS) is 17.9. The number of nitrogens with zero attached hydrogens (tertiary/aromatic N) is 1. The standard InChI is InChI=1S/C14H20ClNO2/c1-11-2-3-13(15)14(10-11)18-9-8-16-6-4-12(17)5-7-16/h2-3,10,12,17H,4-9H2,1H3. The van der Waals surface area contributed by atoms with Crippen molar-refractivity contribution in [1.82, 2.24) is 4.90 Å². The zero-order valence-corrected chi connectivity index (χ0v) is 11.5. The maximum absolute atomic E-state index is 9.42. The minimum Gasteiger partial charge on any atom is -0.491 e. The van der Waals surface area contributed by atoms with E-state index in [2.05, 4.69) is 4.90 Å². The summed E-state index contributed by atoms with van der Waals surface area (Å²) in [6.07, 6.45) is 1.62. The Kier molecular flexibility index (Phi) is 4.87. The number of halogens is 1. The van der Waals surface area contributed by atoms with Crippen LogP contribution in [0.3, 0.4) is 0 Å². The summed E-state index contributed by atoms with van der Waals surface area (Å²) in [5.74, 6) is 0.758. The number of ether oxygens (including phenoxy) is 1. The Bertz CT molecular complexity index is 389. The van der Waals surface area contributed by atoms with Gasteiger partial charge in [0.2, 0.25) is 0 Å². The summed E-state index contributed by atoms with van der Waals surface area (Å²) < 4.78 is 5.71. The minimum atomic E-state index is -0.117. The second-order valence-electron chi connectivity index (χ2n) is 4.86. The van der Waals surface area contributed by atoms with Crippen LogP contribution in [0.15, 0.2) is 18.2 Å². The summed E-state index contributed by atoms with van der Waals surface area (Å²) >= 11 is 6.07. The molecule has 0 aliphatic carbocycles. The van der Waals surface area contributed by atoms with Crippen molar-refractivity contribution in [2.45, 2.75) is 25.9 Å². The Morgan fingerprint density at radius 1 is 1.39 bits per heavy atom. The number of hydrogen-bond acceptors (Lipinski definition) is 3. The molecule has 0 saturated carbocycles. The smallest absolute Gasteiger partial charge is 0.138 e. The van der Waals surface area contributed by atoms with Gasteiger partial charge in [0.25, 0.3) is 0 Å². The lowest BCUT2D eigenvalue weighted by Crippen LogP contribution is -2.38. The Labute approximate surface area is 113 Å². The monoisotopic (exact) mass is 269 g/mol. The number of piperidine rings is 1. The highest BCUT2D eigenvalue weighted by molar-refractivity contribution is 6.32. The molecule has 3 nitrogen and oxygen atoms in total. The molecule has 1 aromatic carbocycles. The fraction of sp³-hybridized carbons (Fsp3) is 0.571. The van der Waals surface area contributed by atoms with Gasteiger partial charge in [0.05, 0.1) is 11.1 Å². The molecule has 0 radical (unpaired) electrons. The lowest BCUT2D eigenvalue weighted by atomic mass is 10.1.